The first-order chi connectivity index (χ1) is 14.5. The molecular weight excluding hydrogens is 376 g/mol. The van der Waals surface area contributed by atoms with Gasteiger partial charge in [0.05, 0.1) is 0 Å². The number of carbonyl (C=O) groups is 2. The number of nitrogens with zero attached hydrogens (tertiary/aromatic N) is 3. The SMILES string of the molecule is CCC(=O)N1CCC(C2(c3cccc(-c4ccccc4)c3)N=C(N)N(C)C2=O)CC1. The lowest BCUT2D eigenvalue weighted by Gasteiger charge is -2.40. The Morgan fingerprint density at radius 3 is 2.37 bits per heavy atom. The van der Waals surface area contributed by atoms with Crippen LogP contribution in [-0.4, -0.2) is 47.7 Å². The van der Waals surface area contributed by atoms with E-state index in [1.807, 2.05) is 48.2 Å². The molecule has 2 aromatic rings. The van der Waals surface area contributed by atoms with Gasteiger partial charge in [0, 0.05) is 32.5 Å². The zero-order chi connectivity index (χ0) is 21.3. The lowest BCUT2D eigenvalue weighted by atomic mass is 9.72. The molecule has 0 aromatic heterocycles. The van der Waals surface area contributed by atoms with Gasteiger partial charge in [-0.2, -0.15) is 0 Å². The minimum Gasteiger partial charge on any atom is -0.369 e. The summed E-state index contributed by atoms with van der Waals surface area (Å²) in [5.41, 5.74) is 8.09. The molecule has 2 amide bonds. The van der Waals surface area contributed by atoms with E-state index in [0.29, 0.717) is 19.5 Å². The Bertz CT molecular complexity index is 980. The van der Waals surface area contributed by atoms with E-state index in [9.17, 15) is 9.59 Å². The molecule has 0 saturated carbocycles. The van der Waals surface area contributed by atoms with E-state index in [2.05, 4.69) is 18.2 Å². The number of rotatable bonds is 4. The highest BCUT2D eigenvalue weighted by Crippen LogP contribution is 2.45. The van der Waals surface area contributed by atoms with Crippen molar-refractivity contribution < 1.29 is 9.59 Å². The Kier molecular flexibility index (Phi) is 5.33. The average molecular weight is 405 g/mol. The number of likely N-dealkylation sites (N-methyl/N-ethyl adjacent to an activating group) is 1. The number of benzene rings is 2. The van der Waals surface area contributed by atoms with Crippen molar-refractivity contribution in [2.45, 2.75) is 31.7 Å². The molecule has 1 unspecified atom stereocenters. The summed E-state index contributed by atoms with van der Waals surface area (Å²) in [5.74, 6) is 0.301. The number of likely N-dealkylation sites (tertiary alicyclic amines) is 1. The van der Waals surface area contributed by atoms with Gasteiger partial charge in [-0.1, -0.05) is 55.5 Å². The number of nitrogens with two attached hydrogens (primary N) is 1. The van der Waals surface area contributed by atoms with Crippen LogP contribution in [0.4, 0.5) is 0 Å². The Balaban J connectivity index is 1.74. The standard InChI is InChI=1S/C24H28N4O2/c1-3-21(29)28-14-12-19(13-15-28)24(22(30)27(2)23(25)26-24)20-11-7-10-18(16-20)17-8-5-4-6-9-17/h4-11,16,19H,3,12-15H2,1-2H3,(H2,25,26). The topological polar surface area (TPSA) is 79.0 Å². The molecule has 1 saturated heterocycles. The lowest BCUT2D eigenvalue weighted by Crippen LogP contribution is -2.49. The van der Waals surface area contributed by atoms with Crippen molar-refractivity contribution in [1.82, 2.24) is 9.80 Å². The van der Waals surface area contributed by atoms with E-state index in [4.69, 9.17) is 10.7 Å². The van der Waals surface area contributed by atoms with Gasteiger partial charge in [-0.25, -0.2) is 4.99 Å². The van der Waals surface area contributed by atoms with E-state index in [1.54, 1.807) is 7.05 Å². The van der Waals surface area contributed by atoms with Crippen LogP contribution in [0.25, 0.3) is 11.1 Å². The lowest BCUT2D eigenvalue weighted by molar-refractivity contribution is -0.135. The second-order valence-electron chi connectivity index (χ2n) is 8.06. The second kappa shape index (κ2) is 7.94. The monoisotopic (exact) mass is 404 g/mol. The van der Waals surface area contributed by atoms with Gasteiger partial charge in [0.2, 0.25) is 5.91 Å². The summed E-state index contributed by atoms with van der Waals surface area (Å²) in [5, 5.41) is 0. The normalized spacial score (nSPS) is 22.3. The summed E-state index contributed by atoms with van der Waals surface area (Å²) in [6.07, 6.45) is 1.94. The predicted molar refractivity (Wildman–Crippen MR) is 118 cm³/mol. The molecule has 2 N–H and O–H groups in total. The molecule has 2 aromatic carbocycles. The maximum Gasteiger partial charge on any atom is 0.261 e. The molecule has 2 aliphatic heterocycles. The zero-order valence-corrected chi connectivity index (χ0v) is 17.5. The van der Waals surface area contributed by atoms with Crippen molar-refractivity contribution in [3.63, 3.8) is 0 Å². The van der Waals surface area contributed by atoms with Crippen molar-refractivity contribution in [3.8, 4) is 11.1 Å². The minimum absolute atomic E-state index is 0.0135. The van der Waals surface area contributed by atoms with Crippen molar-refractivity contribution in [2.75, 3.05) is 20.1 Å². The van der Waals surface area contributed by atoms with Gasteiger partial charge < -0.3 is 10.6 Å². The van der Waals surface area contributed by atoms with Gasteiger partial charge >= 0.3 is 0 Å². The Morgan fingerprint density at radius 1 is 1.10 bits per heavy atom. The number of hydrogen-bond donors (Lipinski definition) is 1. The number of aliphatic imine (C=N–C) groups is 1. The molecule has 2 heterocycles. The van der Waals surface area contributed by atoms with Crippen LogP contribution in [0, 0.1) is 5.92 Å². The summed E-state index contributed by atoms with van der Waals surface area (Å²) in [6, 6.07) is 18.2. The van der Waals surface area contributed by atoms with E-state index < -0.39 is 5.54 Å². The van der Waals surface area contributed by atoms with Crippen LogP contribution >= 0.6 is 0 Å². The third kappa shape index (κ3) is 3.26. The molecular formula is C24H28N4O2. The van der Waals surface area contributed by atoms with Crippen LogP contribution in [0.1, 0.15) is 31.7 Å². The molecule has 0 radical (unpaired) electrons. The van der Waals surface area contributed by atoms with Gasteiger partial charge in [-0.05, 0) is 35.6 Å². The van der Waals surface area contributed by atoms with Crippen molar-refractivity contribution in [1.29, 1.82) is 0 Å². The first-order valence-corrected chi connectivity index (χ1v) is 10.5. The molecule has 0 spiro atoms. The minimum atomic E-state index is -1.04. The molecule has 1 fully saturated rings. The molecule has 0 bridgehead atoms. The molecule has 2 aliphatic rings. The fourth-order valence-corrected chi connectivity index (χ4v) is 4.69. The number of guanidine groups is 1. The number of carbonyl (C=O) groups excluding carboxylic acids is 2. The molecule has 4 rings (SSSR count). The van der Waals surface area contributed by atoms with Crippen LogP contribution < -0.4 is 5.73 Å². The highest BCUT2D eigenvalue weighted by Gasteiger charge is 2.53. The predicted octanol–water partition coefficient (Wildman–Crippen LogP) is 2.98. The van der Waals surface area contributed by atoms with Gasteiger partial charge in [-0.3, -0.25) is 14.5 Å². The third-order valence-corrected chi connectivity index (χ3v) is 6.42. The van der Waals surface area contributed by atoms with Crippen molar-refractivity contribution in [3.05, 3.63) is 60.2 Å². The maximum absolute atomic E-state index is 13.5. The van der Waals surface area contributed by atoms with Gasteiger partial charge in [0.15, 0.2) is 11.5 Å². The fraction of sp³-hybridized carbons (Fsp3) is 0.375. The molecule has 1 atom stereocenters. The fourth-order valence-electron chi connectivity index (χ4n) is 4.69. The van der Waals surface area contributed by atoms with Crippen LogP contribution in [-0.2, 0) is 15.1 Å². The Hall–Kier alpha value is -3.15. The van der Waals surface area contributed by atoms with Gasteiger partial charge in [-0.15, -0.1) is 0 Å². The van der Waals surface area contributed by atoms with Gasteiger partial charge in [0.1, 0.15) is 0 Å². The quantitative estimate of drug-likeness (QED) is 0.851. The summed E-state index contributed by atoms with van der Waals surface area (Å²) in [4.78, 5) is 33.7. The molecule has 6 nitrogen and oxygen atoms in total. The highest BCUT2D eigenvalue weighted by atomic mass is 16.2. The van der Waals surface area contributed by atoms with Gasteiger partial charge in [0.25, 0.3) is 5.91 Å². The zero-order valence-electron chi connectivity index (χ0n) is 17.5. The smallest absolute Gasteiger partial charge is 0.261 e. The van der Waals surface area contributed by atoms with Crippen LogP contribution in [0.3, 0.4) is 0 Å². The largest absolute Gasteiger partial charge is 0.369 e. The highest BCUT2D eigenvalue weighted by molar-refractivity contribution is 6.07. The first-order valence-electron chi connectivity index (χ1n) is 10.5. The van der Waals surface area contributed by atoms with Crippen LogP contribution in [0.5, 0.6) is 0 Å². The van der Waals surface area contributed by atoms with Crippen molar-refractivity contribution in [2.24, 2.45) is 16.6 Å². The Labute approximate surface area is 177 Å². The van der Waals surface area contributed by atoms with E-state index >= 15 is 0 Å². The molecule has 6 heteroatoms. The molecule has 30 heavy (non-hydrogen) atoms. The van der Waals surface area contributed by atoms with Crippen LogP contribution in [0.15, 0.2) is 59.6 Å². The second-order valence-corrected chi connectivity index (χ2v) is 8.06. The maximum atomic E-state index is 13.5. The first kappa shape index (κ1) is 20.1. The van der Waals surface area contributed by atoms with Crippen LogP contribution in [0.2, 0.25) is 0 Å². The number of hydrogen-bond acceptors (Lipinski definition) is 4. The third-order valence-electron chi connectivity index (χ3n) is 6.42. The number of amides is 2. The summed E-state index contributed by atoms with van der Waals surface area (Å²) >= 11 is 0. The summed E-state index contributed by atoms with van der Waals surface area (Å²) in [7, 11) is 1.68. The van der Waals surface area contributed by atoms with E-state index in [1.165, 1.54) is 4.90 Å². The Morgan fingerprint density at radius 2 is 1.77 bits per heavy atom. The summed E-state index contributed by atoms with van der Waals surface area (Å²) < 4.78 is 0. The van der Waals surface area contributed by atoms with E-state index in [-0.39, 0.29) is 23.7 Å². The van der Waals surface area contributed by atoms with Crippen molar-refractivity contribution >= 4 is 17.8 Å². The average Bonchev–Trinajstić information content (AvgIpc) is 3.04. The number of piperidine rings is 1. The molecule has 0 aliphatic carbocycles. The van der Waals surface area contributed by atoms with E-state index in [0.717, 1.165) is 29.5 Å². The summed E-state index contributed by atoms with van der Waals surface area (Å²) in [6.45, 7) is 3.17. The molecule has 156 valence electrons.